The number of carbonyl (C=O) groups excluding carboxylic acids is 1. The van der Waals surface area contributed by atoms with Crippen molar-refractivity contribution < 1.29 is 27.2 Å². The highest BCUT2D eigenvalue weighted by Gasteiger charge is 2.30. The molecule has 0 aliphatic heterocycles. The minimum atomic E-state index is -4.48. The van der Waals surface area contributed by atoms with Crippen LogP contribution in [0.5, 0.6) is 0 Å². The Labute approximate surface area is 176 Å². The van der Waals surface area contributed by atoms with Crippen LogP contribution in [0.4, 0.5) is 13.2 Å². The van der Waals surface area contributed by atoms with Gasteiger partial charge in [-0.1, -0.05) is 23.4 Å². The Bertz CT molecular complexity index is 1150. The summed E-state index contributed by atoms with van der Waals surface area (Å²) in [5, 5.41) is 8.21. The van der Waals surface area contributed by atoms with Crippen molar-refractivity contribution in [3.05, 3.63) is 64.3 Å². The Morgan fingerprint density at radius 1 is 1.13 bits per heavy atom. The Hall–Kier alpha value is -3.05. The van der Waals surface area contributed by atoms with Crippen LogP contribution in [-0.2, 0) is 28.7 Å². The van der Waals surface area contributed by atoms with Gasteiger partial charge >= 0.3 is 12.1 Å². The Morgan fingerprint density at radius 3 is 2.77 bits per heavy atom. The summed E-state index contributed by atoms with van der Waals surface area (Å²) >= 11 is 3.00. The van der Waals surface area contributed by atoms with Gasteiger partial charge in [0.25, 0.3) is 5.89 Å². The monoisotopic (exact) mass is 451 g/mol. The second-order valence-electron chi connectivity index (χ2n) is 6.05. The lowest BCUT2D eigenvalue weighted by molar-refractivity contribution is -0.145. The maximum atomic E-state index is 12.8. The predicted molar refractivity (Wildman–Crippen MR) is 104 cm³/mol. The van der Waals surface area contributed by atoms with E-state index < -0.39 is 17.7 Å². The van der Waals surface area contributed by atoms with E-state index >= 15 is 0 Å². The summed E-state index contributed by atoms with van der Waals surface area (Å²) in [6.45, 7) is -0.285. The number of hydrogen-bond donors (Lipinski definition) is 0. The number of nitrogens with zero attached hydrogens (tertiary/aromatic N) is 3. The van der Waals surface area contributed by atoms with Crippen molar-refractivity contribution in [2.75, 3.05) is 0 Å². The molecule has 1 aromatic carbocycles. The van der Waals surface area contributed by atoms with E-state index in [1.807, 2.05) is 17.5 Å². The average Bonchev–Trinajstić information content (AvgIpc) is 3.47. The van der Waals surface area contributed by atoms with Gasteiger partial charge in [0.15, 0.2) is 6.61 Å². The van der Waals surface area contributed by atoms with E-state index in [4.69, 9.17) is 9.26 Å². The number of halogens is 3. The third kappa shape index (κ3) is 4.74. The molecule has 154 valence electrons. The SMILES string of the molecule is O=C(Cc1csc(-c2cccs2)n1)OCc1nc(-c2cccc(C(F)(F)F)c2)no1. The summed E-state index contributed by atoms with van der Waals surface area (Å²) in [5.74, 6) is -0.572. The standard InChI is InChI=1S/C19H12F3N3O3S2/c20-19(21,22)12-4-1-3-11(7-12)17-24-15(28-25-17)9-27-16(26)8-13-10-30-18(23-13)14-5-2-6-29-14/h1-7,10H,8-9H2. The van der Waals surface area contributed by atoms with Crippen LogP contribution < -0.4 is 0 Å². The zero-order chi connectivity index (χ0) is 21.1. The van der Waals surface area contributed by atoms with E-state index in [-0.39, 0.29) is 30.3 Å². The first-order valence-electron chi connectivity index (χ1n) is 8.52. The summed E-state index contributed by atoms with van der Waals surface area (Å²) in [5.41, 5.74) is -0.0822. The number of aromatic nitrogens is 3. The molecule has 30 heavy (non-hydrogen) atoms. The van der Waals surface area contributed by atoms with Gasteiger partial charge in [-0.05, 0) is 23.6 Å². The normalized spacial score (nSPS) is 11.6. The van der Waals surface area contributed by atoms with Gasteiger partial charge in [0.2, 0.25) is 5.82 Å². The van der Waals surface area contributed by atoms with Crippen molar-refractivity contribution in [1.82, 2.24) is 15.1 Å². The number of thiophene rings is 1. The number of benzene rings is 1. The van der Waals surface area contributed by atoms with Gasteiger partial charge in [-0.15, -0.1) is 22.7 Å². The number of carbonyl (C=O) groups is 1. The summed E-state index contributed by atoms with van der Waals surface area (Å²) in [6.07, 6.45) is -4.49. The molecule has 4 rings (SSSR count). The lowest BCUT2D eigenvalue weighted by Gasteiger charge is -2.06. The largest absolute Gasteiger partial charge is 0.455 e. The summed E-state index contributed by atoms with van der Waals surface area (Å²) in [6, 6.07) is 8.44. The summed E-state index contributed by atoms with van der Waals surface area (Å²) in [4.78, 5) is 21.5. The highest BCUT2D eigenvalue weighted by atomic mass is 32.1. The Kier molecular flexibility index (Phi) is 5.64. The van der Waals surface area contributed by atoms with Crippen molar-refractivity contribution in [3.63, 3.8) is 0 Å². The third-order valence-corrected chi connectivity index (χ3v) is 5.81. The maximum Gasteiger partial charge on any atom is 0.416 e. The van der Waals surface area contributed by atoms with E-state index in [1.165, 1.54) is 23.5 Å². The van der Waals surface area contributed by atoms with Crippen LogP contribution in [0.2, 0.25) is 0 Å². The molecule has 0 N–H and O–H groups in total. The molecule has 11 heteroatoms. The second-order valence-corrected chi connectivity index (χ2v) is 7.85. The van der Waals surface area contributed by atoms with Gasteiger partial charge in [0.05, 0.1) is 22.6 Å². The van der Waals surface area contributed by atoms with Crippen molar-refractivity contribution in [2.24, 2.45) is 0 Å². The number of alkyl halides is 3. The molecule has 3 heterocycles. The van der Waals surface area contributed by atoms with E-state index in [2.05, 4.69) is 15.1 Å². The van der Waals surface area contributed by atoms with Crippen LogP contribution in [0.25, 0.3) is 21.3 Å². The maximum absolute atomic E-state index is 12.8. The van der Waals surface area contributed by atoms with Gasteiger partial charge in [-0.2, -0.15) is 18.2 Å². The van der Waals surface area contributed by atoms with Crippen LogP contribution in [0, 0.1) is 0 Å². The van der Waals surface area contributed by atoms with E-state index in [0.717, 1.165) is 22.0 Å². The van der Waals surface area contributed by atoms with Crippen LogP contribution in [-0.4, -0.2) is 21.1 Å². The molecular weight excluding hydrogens is 439 g/mol. The fraction of sp³-hybridized carbons (Fsp3) is 0.158. The minimum absolute atomic E-state index is 0.0174. The quantitative estimate of drug-likeness (QED) is 0.374. The first kappa shape index (κ1) is 20.2. The van der Waals surface area contributed by atoms with Crippen LogP contribution in [0.15, 0.2) is 51.7 Å². The van der Waals surface area contributed by atoms with Crippen LogP contribution >= 0.6 is 22.7 Å². The molecular formula is C19H12F3N3O3S2. The van der Waals surface area contributed by atoms with E-state index in [1.54, 1.807) is 16.7 Å². The highest BCUT2D eigenvalue weighted by Crippen LogP contribution is 2.31. The van der Waals surface area contributed by atoms with E-state index in [9.17, 15) is 18.0 Å². The first-order chi connectivity index (χ1) is 14.4. The zero-order valence-electron chi connectivity index (χ0n) is 15.0. The highest BCUT2D eigenvalue weighted by molar-refractivity contribution is 7.20. The van der Waals surface area contributed by atoms with Crippen molar-refractivity contribution in [3.8, 4) is 21.3 Å². The smallest absolute Gasteiger partial charge is 0.416 e. The molecule has 6 nitrogen and oxygen atoms in total. The summed E-state index contributed by atoms with van der Waals surface area (Å²) < 4.78 is 48.6. The molecule has 0 bridgehead atoms. The lowest BCUT2D eigenvalue weighted by atomic mass is 10.1. The average molecular weight is 451 g/mol. The lowest BCUT2D eigenvalue weighted by Crippen LogP contribution is -2.08. The number of thiazole rings is 1. The molecule has 0 saturated heterocycles. The molecule has 3 aromatic heterocycles. The molecule has 0 aliphatic carbocycles. The predicted octanol–water partition coefficient (Wildman–Crippen LogP) is 5.23. The fourth-order valence-electron chi connectivity index (χ4n) is 2.51. The van der Waals surface area contributed by atoms with Crippen molar-refractivity contribution >= 4 is 28.6 Å². The molecule has 0 fully saturated rings. The fourth-order valence-corrected chi connectivity index (χ4v) is 4.14. The number of hydrogen-bond acceptors (Lipinski definition) is 8. The zero-order valence-corrected chi connectivity index (χ0v) is 16.7. The van der Waals surface area contributed by atoms with Crippen LogP contribution in [0.1, 0.15) is 17.1 Å². The molecule has 0 aliphatic rings. The van der Waals surface area contributed by atoms with Crippen molar-refractivity contribution in [2.45, 2.75) is 19.2 Å². The Morgan fingerprint density at radius 2 is 2.00 bits per heavy atom. The first-order valence-corrected chi connectivity index (χ1v) is 10.3. The van der Waals surface area contributed by atoms with Gasteiger partial charge in [-0.3, -0.25) is 4.79 Å². The van der Waals surface area contributed by atoms with Gasteiger partial charge in [0.1, 0.15) is 5.01 Å². The van der Waals surface area contributed by atoms with Gasteiger partial charge < -0.3 is 9.26 Å². The van der Waals surface area contributed by atoms with E-state index in [0.29, 0.717) is 5.69 Å². The molecule has 0 spiro atoms. The molecule has 0 radical (unpaired) electrons. The number of rotatable bonds is 6. The van der Waals surface area contributed by atoms with Crippen LogP contribution in [0.3, 0.4) is 0 Å². The van der Waals surface area contributed by atoms with Gasteiger partial charge in [-0.25, -0.2) is 4.98 Å². The van der Waals surface area contributed by atoms with Gasteiger partial charge in [0, 0.05) is 10.9 Å². The van der Waals surface area contributed by atoms with Crippen molar-refractivity contribution in [1.29, 1.82) is 0 Å². The number of ether oxygens (including phenoxy) is 1. The molecule has 0 atom stereocenters. The number of esters is 1. The third-order valence-electron chi connectivity index (χ3n) is 3.88. The molecule has 0 amide bonds. The molecule has 0 saturated carbocycles. The molecule has 4 aromatic rings. The summed E-state index contributed by atoms with van der Waals surface area (Å²) in [7, 11) is 0. The minimum Gasteiger partial charge on any atom is -0.455 e. The Balaban J connectivity index is 1.35. The second kappa shape index (κ2) is 8.36. The topological polar surface area (TPSA) is 78.1 Å². The molecule has 0 unspecified atom stereocenters.